The van der Waals surface area contributed by atoms with Crippen molar-refractivity contribution in [3.8, 4) is 0 Å². The summed E-state index contributed by atoms with van der Waals surface area (Å²) in [5, 5.41) is 2.96. The van der Waals surface area contributed by atoms with Gasteiger partial charge in [0.2, 0.25) is 5.91 Å². The molecule has 1 aliphatic rings. The molecular formula is C18H20N4O2. The first-order valence-corrected chi connectivity index (χ1v) is 8.00. The van der Waals surface area contributed by atoms with Crippen molar-refractivity contribution in [3.05, 3.63) is 54.4 Å². The van der Waals surface area contributed by atoms with Gasteiger partial charge in [-0.15, -0.1) is 0 Å². The number of primary amides is 1. The van der Waals surface area contributed by atoms with Crippen molar-refractivity contribution in [3.63, 3.8) is 0 Å². The normalized spacial score (nSPS) is 17.3. The second-order valence-electron chi connectivity index (χ2n) is 5.90. The first kappa shape index (κ1) is 16.0. The number of aromatic nitrogens is 1. The van der Waals surface area contributed by atoms with Crippen LogP contribution in [0, 0.1) is 5.92 Å². The van der Waals surface area contributed by atoms with Gasteiger partial charge in [-0.05, 0) is 37.1 Å². The molecule has 0 spiro atoms. The number of hydrogen-bond acceptors (Lipinski definition) is 4. The highest BCUT2D eigenvalue weighted by molar-refractivity contribution is 5.93. The van der Waals surface area contributed by atoms with Gasteiger partial charge in [0.1, 0.15) is 5.69 Å². The zero-order chi connectivity index (χ0) is 16.9. The summed E-state index contributed by atoms with van der Waals surface area (Å²) in [6.07, 6.45) is 3.34. The fourth-order valence-corrected chi connectivity index (χ4v) is 2.94. The van der Waals surface area contributed by atoms with Gasteiger partial charge in [0.05, 0.1) is 5.92 Å². The molecule has 1 unspecified atom stereocenters. The Morgan fingerprint density at radius 3 is 2.75 bits per heavy atom. The molecule has 1 saturated heterocycles. The van der Waals surface area contributed by atoms with Crippen LogP contribution in [0.15, 0.2) is 48.7 Å². The highest BCUT2D eigenvalue weighted by Crippen LogP contribution is 2.24. The third-order valence-electron chi connectivity index (χ3n) is 4.19. The van der Waals surface area contributed by atoms with E-state index in [4.69, 9.17) is 5.73 Å². The van der Waals surface area contributed by atoms with Crippen LogP contribution in [-0.2, 0) is 4.79 Å². The van der Waals surface area contributed by atoms with Crippen LogP contribution in [0.3, 0.4) is 0 Å². The van der Waals surface area contributed by atoms with E-state index in [0.29, 0.717) is 6.54 Å². The van der Waals surface area contributed by atoms with Crippen molar-refractivity contribution < 1.29 is 9.59 Å². The molecule has 2 aromatic rings. The zero-order valence-electron chi connectivity index (χ0n) is 13.3. The minimum Gasteiger partial charge on any atom is -0.371 e. The van der Waals surface area contributed by atoms with E-state index in [1.54, 1.807) is 12.3 Å². The number of anilines is 2. The number of carbonyl (C=O) groups is 2. The van der Waals surface area contributed by atoms with Crippen LogP contribution in [-0.4, -0.2) is 29.9 Å². The van der Waals surface area contributed by atoms with Crippen LogP contribution in [0.4, 0.5) is 11.4 Å². The Kier molecular flexibility index (Phi) is 4.74. The molecule has 1 aromatic carbocycles. The largest absolute Gasteiger partial charge is 0.371 e. The first-order chi connectivity index (χ1) is 11.6. The SMILES string of the molecule is NC(=O)c1cc(N2CCCC(C(=O)Nc3ccccc3)C2)ccn1. The summed E-state index contributed by atoms with van der Waals surface area (Å²) in [4.78, 5) is 29.9. The molecular weight excluding hydrogens is 304 g/mol. The predicted octanol–water partition coefficient (Wildman–Crippen LogP) is 2.04. The van der Waals surface area contributed by atoms with Gasteiger partial charge in [-0.25, -0.2) is 0 Å². The maximum Gasteiger partial charge on any atom is 0.267 e. The van der Waals surface area contributed by atoms with Gasteiger partial charge in [0.15, 0.2) is 0 Å². The van der Waals surface area contributed by atoms with Crippen LogP contribution in [0.1, 0.15) is 23.3 Å². The molecule has 2 amide bonds. The Labute approximate surface area is 140 Å². The molecule has 1 aliphatic heterocycles. The third-order valence-corrected chi connectivity index (χ3v) is 4.19. The number of rotatable bonds is 4. The number of nitrogens with zero attached hydrogens (tertiary/aromatic N) is 2. The summed E-state index contributed by atoms with van der Waals surface area (Å²) in [6.45, 7) is 1.46. The molecule has 6 nitrogen and oxygen atoms in total. The molecule has 1 aromatic heterocycles. The maximum absolute atomic E-state index is 12.5. The molecule has 0 bridgehead atoms. The number of nitrogens with two attached hydrogens (primary N) is 1. The number of benzene rings is 1. The summed E-state index contributed by atoms with van der Waals surface area (Å²) < 4.78 is 0. The highest BCUT2D eigenvalue weighted by atomic mass is 16.2. The van der Waals surface area contributed by atoms with E-state index >= 15 is 0 Å². The Morgan fingerprint density at radius 2 is 2.00 bits per heavy atom. The topological polar surface area (TPSA) is 88.3 Å². The zero-order valence-corrected chi connectivity index (χ0v) is 13.3. The monoisotopic (exact) mass is 324 g/mol. The van der Waals surface area contributed by atoms with Gasteiger partial charge in [0.25, 0.3) is 5.91 Å². The molecule has 3 rings (SSSR count). The number of carbonyl (C=O) groups excluding carboxylic acids is 2. The van der Waals surface area contributed by atoms with E-state index in [1.165, 1.54) is 0 Å². The van der Waals surface area contributed by atoms with Gasteiger partial charge in [-0.1, -0.05) is 18.2 Å². The summed E-state index contributed by atoms with van der Waals surface area (Å²) in [5.74, 6) is -0.619. The van der Waals surface area contributed by atoms with Crippen molar-refractivity contribution in [1.29, 1.82) is 0 Å². The van der Waals surface area contributed by atoms with Crippen LogP contribution in [0.5, 0.6) is 0 Å². The van der Waals surface area contributed by atoms with Crippen LogP contribution in [0.25, 0.3) is 0 Å². The van der Waals surface area contributed by atoms with Gasteiger partial charge >= 0.3 is 0 Å². The molecule has 24 heavy (non-hydrogen) atoms. The van der Waals surface area contributed by atoms with Crippen molar-refractivity contribution >= 4 is 23.2 Å². The van der Waals surface area contributed by atoms with E-state index < -0.39 is 5.91 Å². The lowest BCUT2D eigenvalue weighted by atomic mass is 9.96. The molecule has 0 radical (unpaired) electrons. The molecule has 0 saturated carbocycles. The number of nitrogens with one attached hydrogen (secondary N) is 1. The second-order valence-corrected chi connectivity index (χ2v) is 5.90. The number of pyridine rings is 1. The van der Waals surface area contributed by atoms with E-state index in [-0.39, 0.29) is 17.5 Å². The summed E-state index contributed by atoms with van der Waals surface area (Å²) >= 11 is 0. The molecule has 1 fully saturated rings. The lowest BCUT2D eigenvalue weighted by Crippen LogP contribution is -2.40. The lowest BCUT2D eigenvalue weighted by Gasteiger charge is -2.33. The molecule has 3 N–H and O–H groups in total. The number of hydrogen-bond donors (Lipinski definition) is 2. The molecule has 1 atom stereocenters. The second kappa shape index (κ2) is 7.12. The van der Waals surface area contributed by atoms with E-state index in [9.17, 15) is 9.59 Å². The van der Waals surface area contributed by atoms with Gasteiger partial charge in [-0.2, -0.15) is 0 Å². The van der Waals surface area contributed by atoms with Crippen molar-refractivity contribution in [2.45, 2.75) is 12.8 Å². The smallest absolute Gasteiger partial charge is 0.267 e. The van der Waals surface area contributed by atoms with E-state index in [2.05, 4.69) is 15.2 Å². The predicted molar refractivity (Wildman–Crippen MR) is 92.8 cm³/mol. The molecule has 124 valence electrons. The van der Waals surface area contributed by atoms with E-state index in [0.717, 1.165) is 30.8 Å². The fourth-order valence-electron chi connectivity index (χ4n) is 2.94. The minimum atomic E-state index is -0.549. The Balaban J connectivity index is 1.69. The average molecular weight is 324 g/mol. The van der Waals surface area contributed by atoms with Crippen molar-refractivity contribution in [2.75, 3.05) is 23.3 Å². The number of amides is 2. The Morgan fingerprint density at radius 1 is 1.21 bits per heavy atom. The van der Waals surface area contributed by atoms with Crippen LogP contribution >= 0.6 is 0 Å². The maximum atomic E-state index is 12.5. The Hall–Kier alpha value is -2.89. The minimum absolute atomic E-state index is 0.0232. The van der Waals surface area contributed by atoms with Crippen LogP contribution < -0.4 is 16.0 Å². The van der Waals surface area contributed by atoms with Crippen molar-refractivity contribution in [1.82, 2.24) is 4.98 Å². The Bertz CT molecular complexity index is 733. The summed E-state index contributed by atoms with van der Waals surface area (Å²) in [6, 6.07) is 13.0. The highest BCUT2D eigenvalue weighted by Gasteiger charge is 2.26. The summed E-state index contributed by atoms with van der Waals surface area (Å²) in [5.41, 5.74) is 7.21. The lowest BCUT2D eigenvalue weighted by molar-refractivity contribution is -0.120. The summed E-state index contributed by atoms with van der Waals surface area (Å²) in [7, 11) is 0. The van der Waals surface area contributed by atoms with Gasteiger partial charge in [-0.3, -0.25) is 14.6 Å². The quantitative estimate of drug-likeness (QED) is 0.901. The first-order valence-electron chi connectivity index (χ1n) is 8.00. The number of para-hydroxylation sites is 1. The van der Waals surface area contributed by atoms with Crippen LogP contribution in [0.2, 0.25) is 0 Å². The molecule has 0 aliphatic carbocycles. The third kappa shape index (κ3) is 3.71. The van der Waals surface area contributed by atoms with Gasteiger partial charge in [0, 0.05) is 30.7 Å². The molecule has 6 heteroatoms. The number of piperidine rings is 1. The van der Waals surface area contributed by atoms with Gasteiger partial charge < -0.3 is 16.0 Å². The fraction of sp³-hybridized carbons (Fsp3) is 0.278. The van der Waals surface area contributed by atoms with Crippen molar-refractivity contribution in [2.24, 2.45) is 11.7 Å². The molecule has 2 heterocycles. The standard InChI is InChI=1S/C18H20N4O2/c19-17(23)16-11-15(8-9-20-16)22-10-4-5-13(12-22)18(24)21-14-6-2-1-3-7-14/h1-3,6-9,11,13H,4-5,10,12H2,(H2,19,23)(H,21,24). The van der Waals surface area contributed by atoms with E-state index in [1.807, 2.05) is 36.4 Å². The average Bonchev–Trinajstić information content (AvgIpc) is 2.63.